The summed E-state index contributed by atoms with van der Waals surface area (Å²) in [5.41, 5.74) is 1.08. The van der Waals surface area contributed by atoms with E-state index in [0.29, 0.717) is 34.1 Å². The number of amides is 4. The van der Waals surface area contributed by atoms with Crippen LogP contribution in [0.4, 0.5) is 16.2 Å². The molecular weight excluding hydrogens is 498 g/mol. The number of ether oxygens (including phenoxy) is 4. The van der Waals surface area contributed by atoms with Crippen molar-refractivity contribution >= 4 is 35.3 Å². The Hall–Kier alpha value is -5.39. The number of imide groups is 2. The highest BCUT2D eigenvalue weighted by Gasteiger charge is 2.37. The van der Waals surface area contributed by atoms with Crippen molar-refractivity contribution in [2.24, 2.45) is 0 Å². The summed E-state index contributed by atoms with van der Waals surface area (Å²) in [6.07, 6.45) is 1.34. The number of hydrogen-bond acceptors (Lipinski definition) is 9. The van der Waals surface area contributed by atoms with E-state index in [-0.39, 0.29) is 30.3 Å². The first-order valence-electron chi connectivity index (χ1n) is 11.2. The second-order valence-electron chi connectivity index (χ2n) is 8.12. The van der Waals surface area contributed by atoms with Crippen molar-refractivity contribution in [2.45, 2.75) is 6.61 Å². The number of barbiturate groups is 1. The zero-order chi connectivity index (χ0) is 26.8. The van der Waals surface area contributed by atoms with Crippen molar-refractivity contribution < 1.29 is 38.3 Å². The summed E-state index contributed by atoms with van der Waals surface area (Å²) in [4.78, 5) is 49.4. The number of nitrogens with one attached hydrogen (secondary N) is 1. The molecule has 0 radical (unpaired) electrons. The lowest BCUT2D eigenvalue weighted by atomic mass is 10.1. The SMILES string of the molecule is COc1cc(/C=C2\C(=O)NC(=O)N(c3ccc4c(c3)OCO4)C2=O)ccc1OCc1ccc([N+](=O)[O-])cc1. The van der Waals surface area contributed by atoms with Crippen LogP contribution in [-0.4, -0.2) is 36.7 Å². The van der Waals surface area contributed by atoms with E-state index in [2.05, 4.69) is 5.32 Å². The number of anilines is 1. The topological polar surface area (TPSA) is 147 Å². The first-order valence-corrected chi connectivity index (χ1v) is 11.2. The summed E-state index contributed by atoms with van der Waals surface area (Å²) in [6.45, 7) is 0.153. The molecule has 0 bridgehead atoms. The Labute approximate surface area is 215 Å². The van der Waals surface area contributed by atoms with Gasteiger partial charge >= 0.3 is 6.03 Å². The Kier molecular flexibility index (Phi) is 6.35. The maximum absolute atomic E-state index is 13.2. The van der Waals surface area contributed by atoms with Crippen LogP contribution in [0.25, 0.3) is 6.08 Å². The number of carbonyl (C=O) groups excluding carboxylic acids is 3. The zero-order valence-electron chi connectivity index (χ0n) is 19.8. The van der Waals surface area contributed by atoms with E-state index in [0.717, 1.165) is 4.90 Å². The van der Waals surface area contributed by atoms with Gasteiger partial charge in [0.05, 0.1) is 17.7 Å². The Balaban J connectivity index is 1.36. The third-order valence-corrected chi connectivity index (χ3v) is 5.76. The van der Waals surface area contributed by atoms with Crippen LogP contribution in [0.15, 0.2) is 66.2 Å². The average molecular weight is 517 g/mol. The number of rotatable bonds is 7. The van der Waals surface area contributed by atoms with Crippen molar-refractivity contribution in [1.82, 2.24) is 5.32 Å². The number of fused-ring (bicyclic) bond motifs is 1. The van der Waals surface area contributed by atoms with Crippen molar-refractivity contribution in [1.29, 1.82) is 0 Å². The summed E-state index contributed by atoms with van der Waals surface area (Å²) in [7, 11) is 1.43. The molecule has 2 heterocycles. The van der Waals surface area contributed by atoms with E-state index in [9.17, 15) is 24.5 Å². The van der Waals surface area contributed by atoms with Gasteiger partial charge in [-0.15, -0.1) is 0 Å². The van der Waals surface area contributed by atoms with Gasteiger partial charge in [0.25, 0.3) is 17.5 Å². The number of carbonyl (C=O) groups is 3. The second-order valence-corrected chi connectivity index (χ2v) is 8.12. The van der Waals surface area contributed by atoms with Gasteiger partial charge in [0.15, 0.2) is 23.0 Å². The predicted molar refractivity (Wildman–Crippen MR) is 132 cm³/mol. The normalized spacial score (nSPS) is 15.4. The number of methoxy groups -OCH3 is 1. The molecule has 3 aromatic rings. The zero-order valence-corrected chi connectivity index (χ0v) is 19.8. The van der Waals surface area contributed by atoms with Gasteiger partial charge in [0, 0.05) is 18.2 Å². The average Bonchev–Trinajstić information content (AvgIpc) is 3.38. The number of nitro benzene ring substituents is 1. The van der Waals surface area contributed by atoms with Crippen LogP contribution in [0.2, 0.25) is 0 Å². The smallest absolute Gasteiger partial charge is 0.335 e. The number of nitrogens with zero attached hydrogens (tertiary/aromatic N) is 2. The molecule has 38 heavy (non-hydrogen) atoms. The number of urea groups is 1. The van der Waals surface area contributed by atoms with Crippen molar-refractivity contribution in [3.05, 3.63) is 87.5 Å². The number of benzene rings is 3. The van der Waals surface area contributed by atoms with E-state index in [1.807, 2.05) is 0 Å². The Morgan fingerprint density at radius 1 is 1.00 bits per heavy atom. The lowest BCUT2D eigenvalue weighted by Gasteiger charge is -2.26. The molecule has 0 atom stereocenters. The molecular formula is C26H19N3O9. The minimum absolute atomic E-state index is 0.0243. The third kappa shape index (κ3) is 4.69. The van der Waals surface area contributed by atoms with E-state index < -0.39 is 22.8 Å². The predicted octanol–water partition coefficient (Wildman–Crippen LogP) is 3.58. The fraction of sp³-hybridized carbons (Fsp3) is 0.115. The highest BCUT2D eigenvalue weighted by Crippen LogP contribution is 2.36. The number of hydrogen-bond donors (Lipinski definition) is 1. The fourth-order valence-corrected chi connectivity index (χ4v) is 3.85. The Morgan fingerprint density at radius 3 is 2.50 bits per heavy atom. The summed E-state index contributed by atoms with van der Waals surface area (Å²) < 4.78 is 21.8. The summed E-state index contributed by atoms with van der Waals surface area (Å²) in [6, 6.07) is 14.4. The molecule has 12 nitrogen and oxygen atoms in total. The van der Waals surface area contributed by atoms with Gasteiger partial charge in [0.2, 0.25) is 6.79 Å². The summed E-state index contributed by atoms with van der Waals surface area (Å²) >= 11 is 0. The van der Waals surface area contributed by atoms with Gasteiger partial charge in [-0.1, -0.05) is 6.07 Å². The van der Waals surface area contributed by atoms with E-state index in [4.69, 9.17) is 18.9 Å². The first kappa shape index (κ1) is 24.3. The minimum atomic E-state index is -0.886. The highest BCUT2D eigenvalue weighted by atomic mass is 16.7. The first-order chi connectivity index (χ1) is 18.3. The monoisotopic (exact) mass is 517 g/mol. The highest BCUT2D eigenvalue weighted by molar-refractivity contribution is 6.39. The molecule has 0 saturated carbocycles. The van der Waals surface area contributed by atoms with Crippen molar-refractivity contribution in [2.75, 3.05) is 18.8 Å². The van der Waals surface area contributed by atoms with Crippen LogP contribution >= 0.6 is 0 Å². The van der Waals surface area contributed by atoms with Crippen molar-refractivity contribution in [3.63, 3.8) is 0 Å². The van der Waals surface area contributed by atoms with Crippen LogP contribution in [0.5, 0.6) is 23.0 Å². The summed E-state index contributed by atoms with van der Waals surface area (Å²) in [5.74, 6) is -0.0872. The van der Waals surface area contributed by atoms with E-state index in [1.165, 1.54) is 37.5 Å². The van der Waals surface area contributed by atoms with Crippen LogP contribution < -0.4 is 29.2 Å². The molecule has 0 aromatic heterocycles. The van der Waals surface area contributed by atoms with Gasteiger partial charge in [-0.3, -0.25) is 25.0 Å². The quantitative estimate of drug-likeness (QED) is 0.215. The second kappa shape index (κ2) is 9.93. The molecule has 1 fully saturated rings. The molecule has 5 rings (SSSR count). The van der Waals surface area contributed by atoms with E-state index in [1.54, 1.807) is 36.4 Å². The largest absolute Gasteiger partial charge is 0.493 e. The fourth-order valence-electron chi connectivity index (χ4n) is 3.85. The molecule has 0 spiro atoms. The maximum Gasteiger partial charge on any atom is 0.335 e. The minimum Gasteiger partial charge on any atom is -0.493 e. The van der Waals surface area contributed by atoms with Gasteiger partial charge < -0.3 is 18.9 Å². The molecule has 2 aliphatic heterocycles. The molecule has 0 aliphatic carbocycles. The molecule has 192 valence electrons. The summed E-state index contributed by atoms with van der Waals surface area (Å²) in [5, 5.41) is 13.0. The van der Waals surface area contributed by atoms with Crippen molar-refractivity contribution in [3.8, 4) is 23.0 Å². The number of non-ortho nitro benzene ring substituents is 1. The molecule has 4 amide bonds. The lowest BCUT2D eigenvalue weighted by molar-refractivity contribution is -0.384. The van der Waals surface area contributed by atoms with Crippen LogP contribution in [0.3, 0.4) is 0 Å². The standard InChI is InChI=1S/C26H19N3O9/c1-35-22-11-16(4-8-20(22)36-13-15-2-5-17(6-3-15)29(33)34)10-19-24(30)27-26(32)28(25(19)31)18-7-9-21-23(12-18)38-14-37-21/h2-12H,13-14H2,1H3,(H,27,30,32)/b19-10+. The molecule has 1 N–H and O–H groups in total. The van der Waals surface area contributed by atoms with Gasteiger partial charge in [-0.05, 0) is 53.6 Å². The van der Waals surface area contributed by atoms with Crippen LogP contribution in [0, 0.1) is 10.1 Å². The maximum atomic E-state index is 13.2. The lowest BCUT2D eigenvalue weighted by Crippen LogP contribution is -2.54. The van der Waals surface area contributed by atoms with E-state index >= 15 is 0 Å². The van der Waals surface area contributed by atoms with Gasteiger partial charge in [-0.2, -0.15) is 0 Å². The number of nitro groups is 1. The third-order valence-electron chi connectivity index (χ3n) is 5.76. The van der Waals surface area contributed by atoms with Gasteiger partial charge in [-0.25, -0.2) is 9.69 Å². The van der Waals surface area contributed by atoms with Crippen LogP contribution in [0.1, 0.15) is 11.1 Å². The molecule has 0 unspecified atom stereocenters. The molecule has 2 aliphatic rings. The van der Waals surface area contributed by atoms with Gasteiger partial charge in [0.1, 0.15) is 12.2 Å². The molecule has 1 saturated heterocycles. The Morgan fingerprint density at radius 2 is 1.76 bits per heavy atom. The van der Waals surface area contributed by atoms with Crippen LogP contribution in [-0.2, 0) is 16.2 Å². The molecule has 3 aromatic carbocycles. The Bertz CT molecular complexity index is 1500. The molecule has 12 heteroatoms.